The van der Waals surface area contributed by atoms with Gasteiger partial charge >= 0.3 is 0 Å². The summed E-state index contributed by atoms with van der Waals surface area (Å²) in [5, 5.41) is 0. The summed E-state index contributed by atoms with van der Waals surface area (Å²) in [5.74, 6) is 0.540. The van der Waals surface area contributed by atoms with Gasteiger partial charge in [-0.15, -0.1) is 0 Å². The minimum atomic E-state index is 0.120. The van der Waals surface area contributed by atoms with Crippen molar-refractivity contribution in [2.75, 3.05) is 0 Å². The van der Waals surface area contributed by atoms with Crippen molar-refractivity contribution in [1.82, 2.24) is 0 Å². The van der Waals surface area contributed by atoms with E-state index in [0.717, 1.165) is 0 Å². The third kappa shape index (κ3) is 5.35. The largest absolute Gasteiger partial charge is 0.402 e. The highest BCUT2D eigenvalue weighted by molar-refractivity contribution is 5.90. The van der Waals surface area contributed by atoms with Crippen LogP contribution in [0.4, 0.5) is 0 Å². The summed E-state index contributed by atoms with van der Waals surface area (Å²) in [6, 6.07) is 0. The lowest BCUT2D eigenvalue weighted by molar-refractivity contribution is -0.115. The molecule has 0 rings (SSSR count). The van der Waals surface area contributed by atoms with E-state index < -0.39 is 0 Å². The van der Waals surface area contributed by atoms with E-state index in [2.05, 4.69) is 0 Å². The number of nitrogens with two attached hydrogens (primary N) is 1. The molecule has 0 aromatic heterocycles. The molecule has 2 nitrogen and oxygen atoms in total. The topological polar surface area (TPSA) is 43.1 Å². The van der Waals surface area contributed by atoms with Crippen LogP contribution in [0.2, 0.25) is 0 Å². The molecule has 0 saturated carbocycles. The summed E-state index contributed by atoms with van der Waals surface area (Å²) in [7, 11) is 0. The molecular weight excluding hydrogens is 126 g/mol. The van der Waals surface area contributed by atoms with Gasteiger partial charge < -0.3 is 5.73 Å². The highest BCUT2D eigenvalue weighted by Crippen LogP contribution is 2.00. The van der Waals surface area contributed by atoms with Gasteiger partial charge in [0.1, 0.15) is 0 Å². The van der Waals surface area contributed by atoms with Crippen LogP contribution < -0.4 is 5.73 Å². The van der Waals surface area contributed by atoms with E-state index in [1.807, 2.05) is 13.8 Å². The van der Waals surface area contributed by atoms with E-state index in [1.54, 1.807) is 6.92 Å². The van der Waals surface area contributed by atoms with Crippen LogP contribution in [0.15, 0.2) is 11.8 Å². The first-order valence-corrected chi connectivity index (χ1v) is 3.49. The van der Waals surface area contributed by atoms with E-state index in [0.29, 0.717) is 18.0 Å². The average molecular weight is 141 g/mol. The zero-order chi connectivity index (χ0) is 8.15. The molecule has 10 heavy (non-hydrogen) atoms. The molecule has 0 radical (unpaired) electrons. The monoisotopic (exact) mass is 141 g/mol. The first kappa shape index (κ1) is 9.21. The second-order valence-electron chi connectivity index (χ2n) is 2.95. The van der Waals surface area contributed by atoms with Gasteiger partial charge in [-0.25, -0.2) is 0 Å². The van der Waals surface area contributed by atoms with Gasteiger partial charge in [0.25, 0.3) is 0 Å². The molecule has 0 heterocycles. The zero-order valence-corrected chi connectivity index (χ0v) is 6.85. The molecule has 0 saturated heterocycles. The van der Waals surface area contributed by atoms with Gasteiger partial charge in [-0.2, -0.15) is 0 Å². The molecule has 0 atom stereocenters. The van der Waals surface area contributed by atoms with Gasteiger partial charge in [-0.1, -0.05) is 13.8 Å². The van der Waals surface area contributed by atoms with Crippen LogP contribution in [-0.4, -0.2) is 5.78 Å². The zero-order valence-electron chi connectivity index (χ0n) is 6.85. The fourth-order valence-corrected chi connectivity index (χ4v) is 0.715. The van der Waals surface area contributed by atoms with Crippen molar-refractivity contribution < 1.29 is 4.79 Å². The van der Waals surface area contributed by atoms with Crippen molar-refractivity contribution in [3.63, 3.8) is 0 Å². The maximum absolute atomic E-state index is 10.9. The minimum Gasteiger partial charge on any atom is -0.402 e. The standard InChI is InChI=1S/C8H15NO/c1-6(2)4-8(10)5-7(3)9/h5-6H,4,9H2,1-3H3/b7-5-. The van der Waals surface area contributed by atoms with E-state index in [-0.39, 0.29) is 5.78 Å². The SMILES string of the molecule is C/C(N)=C/C(=O)CC(C)C. The summed E-state index contributed by atoms with van der Waals surface area (Å²) in [4.78, 5) is 10.9. The fourth-order valence-electron chi connectivity index (χ4n) is 0.715. The normalized spacial score (nSPS) is 12.2. The molecule has 2 N–H and O–H groups in total. The smallest absolute Gasteiger partial charge is 0.157 e. The Labute approximate surface area is 62.1 Å². The van der Waals surface area contributed by atoms with E-state index in [4.69, 9.17) is 5.73 Å². The highest BCUT2D eigenvalue weighted by Gasteiger charge is 2.00. The first-order chi connectivity index (χ1) is 4.52. The van der Waals surface area contributed by atoms with E-state index in [1.165, 1.54) is 6.08 Å². The van der Waals surface area contributed by atoms with Gasteiger partial charge in [0.05, 0.1) is 0 Å². The van der Waals surface area contributed by atoms with Crippen LogP contribution in [0, 0.1) is 5.92 Å². The first-order valence-electron chi connectivity index (χ1n) is 3.49. The lowest BCUT2D eigenvalue weighted by Crippen LogP contribution is -2.02. The molecule has 0 aliphatic rings. The van der Waals surface area contributed by atoms with Gasteiger partial charge in [-0.3, -0.25) is 4.79 Å². The molecular formula is C8H15NO. The third-order valence-electron chi connectivity index (χ3n) is 0.998. The Bertz CT molecular complexity index is 143. The number of carbonyl (C=O) groups excluding carboxylic acids is 1. The van der Waals surface area contributed by atoms with Crippen molar-refractivity contribution in [1.29, 1.82) is 0 Å². The lowest BCUT2D eigenvalue weighted by atomic mass is 10.1. The Morgan fingerprint density at radius 2 is 2.10 bits per heavy atom. The molecule has 0 aromatic carbocycles. The molecule has 0 amide bonds. The fraction of sp³-hybridized carbons (Fsp3) is 0.625. The molecule has 0 fully saturated rings. The van der Waals surface area contributed by atoms with Crippen molar-refractivity contribution >= 4 is 5.78 Å². The molecule has 0 aliphatic heterocycles. The number of hydrogen-bond donors (Lipinski definition) is 1. The predicted octanol–water partition coefficient (Wildman–Crippen LogP) is 1.46. The van der Waals surface area contributed by atoms with Crippen LogP contribution >= 0.6 is 0 Å². The molecule has 0 bridgehead atoms. The number of allylic oxidation sites excluding steroid dienone is 2. The van der Waals surface area contributed by atoms with Gasteiger partial charge in [-0.05, 0) is 18.9 Å². The number of rotatable bonds is 3. The van der Waals surface area contributed by atoms with Crippen molar-refractivity contribution in [2.45, 2.75) is 27.2 Å². The van der Waals surface area contributed by atoms with E-state index in [9.17, 15) is 4.79 Å². The van der Waals surface area contributed by atoms with E-state index >= 15 is 0 Å². The molecule has 0 unspecified atom stereocenters. The molecule has 58 valence electrons. The maximum atomic E-state index is 10.9. The van der Waals surface area contributed by atoms with Crippen LogP contribution in [0.1, 0.15) is 27.2 Å². The summed E-state index contributed by atoms with van der Waals surface area (Å²) >= 11 is 0. The number of ketones is 1. The molecule has 0 spiro atoms. The summed E-state index contributed by atoms with van der Waals surface area (Å²) < 4.78 is 0. The Balaban J connectivity index is 3.76. The van der Waals surface area contributed by atoms with Crippen LogP contribution in [0.25, 0.3) is 0 Å². The number of carbonyl (C=O) groups is 1. The van der Waals surface area contributed by atoms with Crippen LogP contribution in [0.3, 0.4) is 0 Å². The molecule has 0 aliphatic carbocycles. The second-order valence-corrected chi connectivity index (χ2v) is 2.95. The predicted molar refractivity (Wildman–Crippen MR) is 42.4 cm³/mol. The Kier molecular flexibility index (Phi) is 3.77. The lowest BCUT2D eigenvalue weighted by Gasteiger charge is -1.98. The Morgan fingerprint density at radius 3 is 2.40 bits per heavy atom. The Hall–Kier alpha value is -0.790. The highest BCUT2D eigenvalue weighted by atomic mass is 16.1. The summed E-state index contributed by atoms with van der Waals surface area (Å²) in [6.07, 6.45) is 2.08. The van der Waals surface area contributed by atoms with Crippen molar-refractivity contribution in [3.8, 4) is 0 Å². The van der Waals surface area contributed by atoms with Crippen LogP contribution in [0.5, 0.6) is 0 Å². The van der Waals surface area contributed by atoms with Crippen molar-refractivity contribution in [3.05, 3.63) is 11.8 Å². The van der Waals surface area contributed by atoms with Gasteiger partial charge in [0, 0.05) is 12.1 Å². The minimum absolute atomic E-state index is 0.120. The average Bonchev–Trinajstić information content (AvgIpc) is 1.58. The van der Waals surface area contributed by atoms with Crippen molar-refractivity contribution in [2.24, 2.45) is 11.7 Å². The van der Waals surface area contributed by atoms with Crippen LogP contribution in [-0.2, 0) is 4.79 Å². The quantitative estimate of drug-likeness (QED) is 0.605. The number of hydrogen-bond acceptors (Lipinski definition) is 2. The molecule has 0 aromatic rings. The summed E-state index contributed by atoms with van der Waals surface area (Å²) in [6.45, 7) is 5.74. The molecule has 2 heteroatoms. The van der Waals surface area contributed by atoms with Gasteiger partial charge in [0.2, 0.25) is 0 Å². The van der Waals surface area contributed by atoms with Gasteiger partial charge in [0.15, 0.2) is 5.78 Å². The summed E-state index contributed by atoms with van der Waals surface area (Å²) in [5.41, 5.74) is 5.90. The Morgan fingerprint density at radius 1 is 1.60 bits per heavy atom. The second kappa shape index (κ2) is 4.09. The third-order valence-corrected chi connectivity index (χ3v) is 0.998. The maximum Gasteiger partial charge on any atom is 0.157 e.